The largest absolute Gasteiger partial charge is 0.314 e. The average molecular weight is 261 g/mol. The molecular formula is C14H19N3O2. The first-order valence-electron chi connectivity index (χ1n) is 6.95. The Morgan fingerprint density at radius 3 is 2.37 bits per heavy atom. The smallest absolute Gasteiger partial charge is 0.269 e. The van der Waals surface area contributed by atoms with E-state index in [0.29, 0.717) is 6.04 Å². The van der Waals surface area contributed by atoms with E-state index in [9.17, 15) is 10.1 Å². The summed E-state index contributed by atoms with van der Waals surface area (Å²) in [7, 11) is 0. The fourth-order valence-electron chi connectivity index (χ4n) is 2.95. The first-order valence-corrected chi connectivity index (χ1v) is 6.95. The monoisotopic (exact) mass is 261 g/mol. The summed E-state index contributed by atoms with van der Waals surface area (Å²) < 4.78 is 0. The second kappa shape index (κ2) is 5.27. The Kier molecular flexibility index (Phi) is 3.48. The van der Waals surface area contributed by atoms with Gasteiger partial charge in [0.15, 0.2) is 0 Å². The molecular weight excluding hydrogens is 242 g/mol. The van der Waals surface area contributed by atoms with Crippen molar-refractivity contribution in [2.24, 2.45) is 5.92 Å². The van der Waals surface area contributed by atoms with Crippen LogP contribution in [0.5, 0.6) is 0 Å². The average Bonchev–Trinajstić information content (AvgIpc) is 3.25. The molecule has 0 spiro atoms. The quantitative estimate of drug-likeness (QED) is 0.665. The van der Waals surface area contributed by atoms with E-state index >= 15 is 0 Å². The second-order valence-electron chi connectivity index (χ2n) is 5.42. The number of nitrogens with one attached hydrogen (secondary N) is 1. The van der Waals surface area contributed by atoms with E-state index in [2.05, 4.69) is 10.2 Å². The molecule has 0 unspecified atom stereocenters. The molecule has 0 radical (unpaired) electrons. The van der Waals surface area contributed by atoms with Crippen molar-refractivity contribution in [3.63, 3.8) is 0 Å². The lowest BCUT2D eigenvalue weighted by Crippen LogP contribution is -2.45. The van der Waals surface area contributed by atoms with Gasteiger partial charge in [-0.15, -0.1) is 0 Å². The summed E-state index contributed by atoms with van der Waals surface area (Å²) in [6, 6.07) is 7.58. The van der Waals surface area contributed by atoms with Crippen LogP contribution in [0.2, 0.25) is 0 Å². The Balaban J connectivity index is 1.81. The van der Waals surface area contributed by atoms with Gasteiger partial charge in [0.25, 0.3) is 5.69 Å². The Hall–Kier alpha value is -1.46. The van der Waals surface area contributed by atoms with Crippen molar-refractivity contribution in [3.8, 4) is 0 Å². The van der Waals surface area contributed by atoms with Gasteiger partial charge in [-0.05, 0) is 24.3 Å². The molecule has 1 saturated heterocycles. The van der Waals surface area contributed by atoms with Gasteiger partial charge in [0.2, 0.25) is 0 Å². The molecule has 1 aliphatic heterocycles. The Morgan fingerprint density at radius 2 is 1.84 bits per heavy atom. The van der Waals surface area contributed by atoms with E-state index in [1.807, 2.05) is 12.1 Å². The number of nitrogens with zero attached hydrogens (tertiary/aromatic N) is 2. The zero-order chi connectivity index (χ0) is 13.2. The fourth-order valence-corrected chi connectivity index (χ4v) is 2.95. The molecule has 5 nitrogen and oxygen atoms in total. The van der Waals surface area contributed by atoms with Crippen molar-refractivity contribution in [1.82, 2.24) is 10.2 Å². The van der Waals surface area contributed by atoms with Gasteiger partial charge in [-0.3, -0.25) is 15.0 Å². The number of hydrogen-bond acceptors (Lipinski definition) is 4. The maximum atomic E-state index is 10.7. The van der Waals surface area contributed by atoms with Gasteiger partial charge in [-0.25, -0.2) is 0 Å². The third-order valence-electron chi connectivity index (χ3n) is 4.06. The minimum Gasteiger partial charge on any atom is -0.314 e. The molecule has 2 aliphatic rings. The molecule has 1 aromatic carbocycles. The van der Waals surface area contributed by atoms with Crippen molar-refractivity contribution >= 4 is 5.69 Å². The number of nitro groups is 1. The fraction of sp³-hybridized carbons (Fsp3) is 0.571. The van der Waals surface area contributed by atoms with E-state index in [-0.39, 0.29) is 10.6 Å². The molecule has 102 valence electrons. The van der Waals surface area contributed by atoms with Crippen LogP contribution in [0, 0.1) is 16.0 Å². The molecule has 1 heterocycles. The number of nitro benzene ring substituents is 1. The molecule has 3 rings (SSSR count). The first kappa shape index (κ1) is 12.6. The molecule has 5 heteroatoms. The summed E-state index contributed by atoms with van der Waals surface area (Å²) in [6.45, 7) is 4.21. The number of piperazine rings is 1. The highest BCUT2D eigenvalue weighted by atomic mass is 16.6. The minimum absolute atomic E-state index is 0.179. The summed E-state index contributed by atoms with van der Waals surface area (Å²) in [5.41, 5.74) is 1.41. The lowest BCUT2D eigenvalue weighted by Gasteiger charge is -2.35. The standard InChI is InChI=1S/C14H19N3O2/c18-17(19)13-5-3-12(4-6-13)14(11-1-2-11)16-9-7-15-8-10-16/h3-6,11,14-15H,1-2,7-10H2/t14-/m0/s1. The molecule has 19 heavy (non-hydrogen) atoms. The summed E-state index contributed by atoms with van der Waals surface area (Å²) in [5.74, 6) is 0.736. The van der Waals surface area contributed by atoms with Crippen LogP contribution in [0.4, 0.5) is 5.69 Å². The molecule has 1 N–H and O–H groups in total. The topological polar surface area (TPSA) is 58.4 Å². The predicted octanol–water partition coefficient (Wildman–Crippen LogP) is 1.95. The van der Waals surface area contributed by atoms with Gasteiger partial charge in [-0.2, -0.15) is 0 Å². The first-order chi connectivity index (χ1) is 9.25. The van der Waals surface area contributed by atoms with Crippen LogP contribution in [0.1, 0.15) is 24.4 Å². The highest BCUT2D eigenvalue weighted by Crippen LogP contribution is 2.44. The van der Waals surface area contributed by atoms with Crippen molar-refractivity contribution in [3.05, 3.63) is 39.9 Å². The summed E-state index contributed by atoms with van der Waals surface area (Å²) in [5, 5.41) is 14.1. The third-order valence-corrected chi connectivity index (χ3v) is 4.06. The maximum Gasteiger partial charge on any atom is 0.269 e. The zero-order valence-electron chi connectivity index (χ0n) is 10.9. The van der Waals surface area contributed by atoms with Gasteiger partial charge >= 0.3 is 0 Å². The normalized spacial score (nSPS) is 22.1. The molecule has 0 bridgehead atoms. The Bertz CT molecular complexity index is 450. The molecule has 1 aromatic rings. The van der Waals surface area contributed by atoms with E-state index in [0.717, 1.165) is 32.1 Å². The van der Waals surface area contributed by atoms with Crippen LogP contribution in [0.3, 0.4) is 0 Å². The number of non-ortho nitro benzene ring substituents is 1. The summed E-state index contributed by atoms with van der Waals surface area (Å²) >= 11 is 0. The van der Waals surface area contributed by atoms with Gasteiger partial charge in [0.1, 0.15) is 0 Å². The lowest BCUT2D eigenvalue weighted by atomic mass is 9.99. The second-order valence-corrected chi connectivity index (χ2v) is 5.42. The summed E-state index contributed by atoms with van der Waals surface area (Å²) in [6.07, 6.45) is 2.57. The molecule has 2 fully saturated rings. The predicted molar refractivity (Wildman–Crippen MR) is 73.0 cm³/mol. The van der Waals surface area contributed by atoms with Crippen LogP contribution >= 0.6 is 0 Å². The highest BCUT2D eigenvalue weighted by Gasteiger charge is 2.36. The number of benzene rings is 1. The Morgan fingerprint density at radius 1 is 1.21 bits per heavy atom. The van der Waals surface area contributed by atoms with Crippen LogP contribution in [-0.4, -0.2) is 36.0 Å². The molecule has 1 saturated carbocycles. The van der Waals surface area contributed by atoms with Crippen molar-refractivity contribution in [2.75, 3.05) is 26.2 Å². The highest BCUT2D eigenvalue weighted by molar-refractivity contribution is 5.35. The van der Waals surface area contributed by atoms with E-state index in [1.165, 1.54) is 18.4 Å². The van der Waals surface area contributed by atoms with Crippen LogP contribution in [0.15, 0.2) is 24.3 Å². The van der Waals surface area contributed by atoms with Crippen LogP contribution in [0.25, 0.3) is 0 Å². The minimum atomic E-state index is -0.333. The van der Waals surface area contributed by atoms with Gasteiger partial charge in [0, 0.05) is 44.4 Å². The Labute approximate surface area is 112 Å². The van der Waals surface area contributed by atoms with Gasteiger partial charge in [-0.1, -0.05) is 12.1 Å². The molecule has 1 aliphatic carbocycles. The SMILES string of the molecule is O=[N+]([O-])c1ccc([C@H](C2CC2)N2CCNCC2)cc1. The van der Waals surface area contributed by atoms with Crippen LogP contribution < -0.4 is 5.32 Å². The van der Waals surface area contributed by atoms with Crippen molar-refractivity contribution < 1.29 is 4.92 Å². The van der Waals surface area contributed by atoms with Crippen molar-refractivity contribution in [1.29, 1.82) is 0 Å². The van der Waals surface area contributed by atoms with Crippen LogP contribution in [-0.2, 0) is 0 Å². The van der Waals surface area contributed by atoms with Gasteiger partial charge < -0.3 is 5.32 Å². The zero-order valence-corrected chi connectivity index (χ0v) is 10.9. The summed E-state index contributed by atoms with van der Waals surface area (Å²) in [4.78, 5) is 12.9. The van der Waals surface area contributed by atoms with Gasteiger partial charge in [0.05, 0.1) is 4.92 Å². The van der Waals surface area contributed by atoms with Crippen molar-refractivity contribution in [2.45, 2.75) is 18.9 Å². The lowest BCUT2D eigenvalue weighted by molar-refractivity contribution is -0.384. The molecule has 0 aromatic heterocycles. The van der Waals surface area contributed by atoms with E-state index < -0.39 is 0 Å². The maximum absolute atomic E-state index is 10.7. The number of rotatable bonds is 4. The van der Waals surface area contributed by atoms with E-state index in [1.54, 1.807) is 12.1 Å². The van der Waals surface area contributed by atoms with E-state index in [4.69, 9.17) is 0 Å². The molecule has 0 amide bonds. The number of hydrogen-bond donors (Lipinski definition) is 1. The third kappa shape index (κ3) is 2.77. The molecule has 1 atom stereocenters.